The second-order valence-electron chi connectivity index (χ2n) is 5.04. The molecular weight excluding hydrogens is 253 g/mol. The van der Waals surface area contributed by atoms with Gasteiger partial charge in [0.25, 0.3) is 0 Å². The van der Waals surface area contributed by atoms with Crippen LogP contribution in [0.4, 0.5) is 10.3 Å². The van der Waals surface area contributed by atoms with Gasteiger partial charge >= 0.3 is 0 Å². The molecule has 1 N–H and O–H groups in total. The van der Waals surface area contributed by atoms with E-state index < -0.39 is 0 Å². The summed E-state index contributed by atoms with van der Waals surface area (Å²) in [5.41, 5.74) is 3.35. The zero-order chi connectivity index (χ0) is 14.7. The molecule has 4 heteroatoms. The van der Waals surface area contributed by atoms with Gasteiger partial charge in [0.2, 0.25) is 5.95 Å². The van der Waals surface area contributed by atoms with E-state index in [1.54, 1.807) is 13.8 Å². The Kier molecular flexibility index (Phi) is 4.23. The summed E-state index contributed by atoms with van der Waals surface area (Å²) in [5.74, 6) is 0.680. The zero-order valence-electron chi connectivity index (χ0n) is 12.2. The summed E-state index contributed by atoms with van der Waals surface area (Å²) in [5, 5.41) is 3.29. The number of aromatic nitrogens is 2. The third-order valence-electron chi connectivity index (χ3n) is 3.17. The molecule has 0 amide bonds. The monoisotopic (exact) mass is 273 g/mol. The van der Waals surface area contributed by atoms with Gasteiger partial charge in [0, 0.05) is 19.3 Å². The number of benzene rings is 1. The molecule has 0 radical (unpaired) electrons. The average molecular weight is 273 g/mol. The van der Waals surface area contributed by atoms with Gasteiger partial charge in [-0.3, -0.25) is 0 Å². The molecule has 0 aliphatic rings. The quantitative estimate of drug-likeness (QED) is 0.841. The van der Waals surface area contributed by atoms with Crippen LogP contribution in [-0.4, -0.2) is 9.55 Å². The lowest BCUT2D eigenvalue weighted by molar-refractivity contribution is 0.608. The van der Waals surface area contributed by atoms with E-state index in [0.717, 1.165) is 17.2 Å². The predicted octanol–water partition coefficient (Wildman–Crippen LogP) is 3.75. The minimum Gasteiger partial charge on any atom is -0.352 e. The van der Waals surface area contributed by atoms with Crippen LogP contribution in [0.5, 0.6) is 0 Å². The van der Waals surface area contributed by atoms with Crippen LogP contribution in [0.1, 0.15) is 22.4 Å². The smallest absolute Gasteiger partial charge is 0.203 e. The largest absolute Gasteiger partial charge is 0.352 e. The highest BCUT2D eigenvalue weighted by Crippen LogP contribution is 2.16. The fourth-order valence-corrected chi connectivity index (χ4v) is 2.28. The Bertz CT molecular complexity index is 606. The number of imidazole rings is 1. The van der Waals surface area contributed by atoms with Crippen molar-refractivity contribution in [2.75, 3.05) is 5.32 Å². The van der Waals surface area contributed by atoms with E-state index >= 15 is 0 Å². The summed E-state index contributed by atoms with van der Waals surface area (Å²) in [6.45, 7) is 10.6. The molecule has 0 fully saturated rings. The number of aryl methyl sites for hydroxylation is 3. The van der Waals surface area contributed by atoms with E-state index in [2.05, 4.69) is 16.9 Å². The van der Waals surface area contributed by atoms with Crippen LogP contribution in [0.2, 0.25) is 0 Å². The summed E-state index contributed by atoms with van der Waals surface area (Å²) in [6, 6.07) is 3.73. The Labute approximate surface area is 119 Å². The van der Waals surface area contributed by atoms with E-state index in [1.807, 2.05) is 35.9 Å². The van der Waals surface area contributed by atoms with Gasteiger partial charge in [-0.1, -0.05) is 18.2 Å². The maximum absolute atomic E-state index is 13.6. The Morgan fingerprint density at radius 3 is 2.55 bits per heavy atom. The number of anilines is 1. The molecule has 0 atom stereocenters. The van der Waals surface area contributed by atoms with Gasteiger partial charge in [0.05, 0.1) is 5.69 Å². The summed E-state index contributed by atoms with van der Waals surface area (Å²) < 4.78 is 15.6. The summed E-state index contributed by atoms with van der Waals surface area (Å²) in [6.07, 6.45) is 3.81. The van der Waals surface area contributed by atoms with Crippen LogP contribution in [0, 0.1) is 26.6 Å². The van der Waals surface area contributed by atoms with Crippen molar-refractivity contribution in [2.45, 2.75) is 33.9 Å². The normalized spacial score (nSPS) is 10.6. The van der Waals surface area contributed by atoms with Gasteiger partial charge in [0.15, 0.2) is 0 Å². The van der Waals surface area contributed by atoms with E-state index in [4.69, 9.17) is 0 Å². The molecule has 1 aromatic carbocycles. The molecule has 0 unspecified atom stereocenters. The van der Waals surface area contributed by atoms with Crippen molar-refractivity contribution in [3.63, 3.8) is 0 Å². The number of rotatable bonds is 5. The molecule has 0 saturated carbocycles. The Hall–Kier alpha value is -2.10. The van der Waals surface area contributed by atoms with Crippen LogP contribution >= 0.6 is 0 Å². The average Bonchev–Trinajstić information content (AvgIpc) is 2.74. The lowest BCUT2D eigenvalue weighted by atomic mass is 10.1. The van der Waals surface area contributed by atoms with E-state index in [9.17, 15) is 4.39 Å². The fourth-order valence-electron chi connectivity index (χ4n) is 2.28. The standard InChI is InChI=1S/C16H20FN3/c1-5-6-20-10-13(4)19-16(20)18-9-14-7-11(2)15(17)12(3)8-14/h5,7-8,10H,1,6,9H2,2-4H3,(H,18,19). The molecule has 0 bridgehead atoms. The molecule has 3 nitrogen and oxygen atoms in total. The van der Waals surface area contributed by atoms with E-state index in [0.29, 0.717) is 24.2 Å². The van der Waals surface area contributed by atoms with Gasteiger partial charge < -0.3 is 9.88 Å². The van der Waals surface area contributed by atoms with Gasteiger partial charge in [0.1, 0.15) is 5.82 Å². The first-order valence-electron chi connectivity index (χ1n) is 6.65. The third-order valence-corrected chi connectivity index (χ3v) is 3.17. The number of hydrogen-bond donors (Lipinski definition) is 1. The summed E-state index contributed by atoms with van der Waals surface area (Å²) >= 11 is 0. The maximum atomic E-state index is 13.6. The fraction of sp³-hybridized carbons (Fsp3) is 0.312. The minimum atomic E-state index is -0.127. The van der Waals surface area contributed by atoms with Crippen molar-refractivity contribution in [3.05, 3.63) is 59.2 Å². The van der Waals surface area contributed by atoms with Crippen molar-refractivity contribution < 1.29 is 4.39 Å². The molecule has 0 aliphatic heterocycles. The molecule has 1 heterocycles. The number of hydrogen-bond acceptors (Lipinski definition) is 2. The molecule has 0 saturated heterocycles. The Morgan fingerprint density at radius 1 is 1.30 bits per heavy atom. The summed E-state index contributed by atoms with van der Waals surface area (Å²) in [7, 11) is 0. The Balaban J connectivity index is 2.14. The first-order chi connectivity index (χ1) is 9.51. The number of halogens is 1. The molecule has 106 valence electrons. The van der Waals surface area contributed by atoms with Crippen LogP contribution in [0.15, 0.2) is 31.0 Å². The summed E-state index contributed by atoms with van der Waals surface area (Å²) in [4.78, 5) is 4.44. The van der Waals surface area contributed by atoms with Crippen LogP contribution in [0.25, 0.3) is 0 Å². The van der Waals surface area contributed by atoms with Gasteiger partial charge in [-0.2, -0.15) is 0 Å². The first kappa shape index (κ1) is 14.3. The lowest BCUT2D eigenvalue weighted by Gasteiger charge is -2.10. The lowest BCUT2D eigenvalue weighted by Crippen LogP contribution is -2.07. The van der Waals surface area contributed by atoms with Gasteiger partial charge in [-0.25, -0.2) is 9.37 Å². The van der Waals surface area contributed by atoms with Crippen LogP contribution in [-0.2, 0) is 13.1 Å². The third kappa shape index (κ3) is 3.07. The maximum Gasteiger partial charge on any atom is 0.203 e. The molecule has 1 aromatic heterocycles. The first-order valence-corrected chi connectivity index (χ1v) is 6.65. The molecular formula is C16H20FN3. The number of nitrogens with one attached hydrogen (secondary N) is 1. The van der Waals surface area contributed by atoms with E-state index in [-0.39, 0.29) is 5.82 Å². The minimum absolute atomic E-state index is 0.127. The topological polar surface area (TPSA) is 29.9 Å². The van der Waals surface area contributed by atoms with Gasteiger partial charge in [-0.05, 0) is 37.5 Å². The number of allylic oxidation sites excluding steroid dienone is 1. The molecule has 2 rings (SSSR count). The van der Waals surface area contributed by atoms with Crippen molar-refractivity contribution >= 4 is 5.95 Å². The van der Waals surface area contributed by atoms with Crippen LogP contribution < -0.4 is 5.32 Å². The highest BCUT2D eigenvalue weighted by molar-refractivity contribution is 5.35. The number of nitrogens with zero attached hydrogens (tertiary/aromatic N) is 2. The van der Waals surface area contributed by atoms with Crippen molar-refractivity contribution in [3.8, 4) is 0 Å². The molecule has 0 aliphatic carbocycles. The van der Waals surface area contributed by atoms with Crippen LogP contribution in [0.3, 0.4) is 0 Å². The predicted molar refractivity (Wildman–Crippen MR) is 80.4 cm³/mol. The Morgan fingerprint density at radius 2 is 1.95 bits per heavy atom. The van der Waals surface area contributed by atoms with Crippen molar-refractivity contribution in [1.82, 2.24) is 9.55 Å². The SMILES string of the molecule is C=CCn1cc(C)nc1NCc1cc(C)c(F)c(C)c1. The van der Waals surface area contributed by atoms with Gasteiger partial charge in [-0.15, -0.1) is 6.58 Å². The van der Waals surface area contributed by atoms with Crippen molar-refractivity contribution in [1.29, 1.82) is 0 Å². The molecule has 20 heavy (non-hydrogen) atoms. The van der Waals surface area contributed by atoms with Crippen molar-refractivity contribution in [2.24, 2.45) is 0 Å². The zero-order valence-corrected chi connectivity index (χ0v) is 12.2. The second kappa shape index (κ2) is 5.90. The highest BCUT2D eigenvalue weighted by atomic mass is 19.1. The van der Waals surface area contributed by atoms with E-state index in [1.165, 1.54) is 0 Å². The molecule has 0 spiro atoms. The highest BCUT2D eigenvalue weighted by Gasteiger charge is 2.07. The molecule has 2 aromatic rings. The second-order valence-corrected chi connectivity index (χ2v) is 5.04.